The largest absolute Gasteiger partial charge is 0.481 e. The number of anilines is 1. The van der Waals surface area contributed by atoms with Crippen LogP contribution in [0.1, 0.15) is 31.9 Å². The third-order valence-corrected chi connectivity index (χ3v) is 5.29. The number of hydrogen-bond donors (Lipinski definition) is 2. The highest BCUT2D eigenvalue weighted by Gasteiger charge is 2.36. The van der Waals surface area contributed by atoms with Gasteiger partial charge in [-0.05, 0) is 32.1 Å². The number of nitrogens with one attached hydrogen (secondary N) is 1. The fraction of sp³-hybridized carbons (Fsp3) is 0.667. The number of amides is 3. The Morgan fingerprint density at radius 3 is 2.70 bits per heavy atom. The van der Waals surface area contributed by atoms with E-state index in [9.17, 15) is 19.5 Å². The number of piperidine rings is 2. The summed E-state index contributed by atoms with van der Waals surface area (Å²) in [7, 11) is 1.79. The molecule has 0 aliphatic carbocycles. The van der Waals surface area contributed by atoms with Crippen molar-refractivity contribution in [2.45, 2.75) is 39.2 Å². The Morgan fingerprint density at radius 1 is 1.33 bits per heavy atom. The van der Waals surface area contributed by atoms with Gasteiger partial charge in [-0.3, -0.25) is 19.2 Å². The molecule has 148 valence electrons. The Balaban J connectivity index is 1.67. The zero-order chi connectivity index (χ0) is 19.7. The first kappa shape index (κ1) is 19.2. The molecule has 3 rings (SSSR count). The second-order valence-electron chi connectivity index (χ2n) is 7.68. The molecule has 1 aromatic heterocycles. The molecule has 2 aliphatic heterocycles. The highest BCUT2D eigenvalue weighted by Crippen LogP contribution is 2.24. The van der Waals surface area contributed by atoms with Gasteiger partial charge in [-0.1, -0.05) is 6.92 Å². The van der Waals surface area contributed by atoms with Gasteiger partial charge in [0.2, 0.25) is 0 Å². The Hall–Kier alpha value is -2.58. The molecule has 0 spiro atoms. The predicted molar refractivity (Wildman–Crippen MR) is 98.3 cm³/mol. The number of carboxylic acids is 1. The topological polar surface area (TPSA) is 108 Å². The van der Waals surface area contributed by atoms with Crippen LogP contribution in [0.3, 0.4) is 0 Å². The van der Waals surface area contributed by atoms with Crippen LogP contribution >= 0.6 is 0 Å². The van der Waals surface area contributed by atoms with Crippen molar-refractivity contribution in [1.29, 1.82) is 0 Å². The maximum Gasteiger partial charge on any atom is 0.318 e. The number of carbonyl (C=O) groups is 3. The molecule has 9 nitrogen and oxygen atoms in total. The summed E-state index contributed by atoms with van der Waals surface area (Å²) in [5.74, 6) is -0.769. The monoisotopic (exact) mass is 377 g/mol. The molecule has 3 heterocycles. The summed E-state index contributed by atoms with van der Waals surface area (Å²) < 4.78 is 1.67. The van der Waals surface area contributed by atoms with Crippen molar-refractivity contribution in [1.82, 2.24) is 20.0 Å². The van der Waals surface area contributed by atoms with Crippen molar-refractivity contribution in [3.05, 3.63) is 11.8 Å². The second kappa shape index (κ2) is 7.58. The van der Waals surface area contributed by atoms with Crippen LogP contribution in [0, 0.1) is 18.8 Å². The number of aromatic nitrogens is 2. The molecule has 3 atom stereocenters. The summed E-state index contributed by atoms with van der Waals surface area (Å²) >= 11 is 0. The summed E-state index contributed by atoms with van der Waals surface area (Å²) in [5.41, 5.74) is 0.827. The van der Waals surface area contributed by atoms with Gasteiger partial charge in [-0.2, -0.15) is 5.10 Å². The van der Waals surface area contributed by atoms with Gasteiger partial charge in [-0.25, -0.2) is 4.79 Å². The molecule has 0 aromatic carbocycles. The fourth-order valence-corrected chi connectivity index (χ4v) is 4.02. The van der Waals surface area contributed by atoms with Crippen LogP contribution in [0.2, 0.25) is 0 Å². The third-order valence-electron chi connectivity index (χ3n) is 5.29. The maximum absolute atomic E-state index is 12.9. The Bertz CT molecular complexity index is 746. The van der Waals surface area contributed by atoms with Crippen molar-refractivity contribution < 1.29 is 19.5 Å². The highest BCUT2D eigenvalue weighted by atomic mass is 16.4. The SMILES string of the molecule is Cc1cc(N2CCCC(NC(=O)N3CC(C)CC(C(=O)O)C3)C2=O)n(C)n1. The highest BCUT2D eigenvalue weighted by molar-refractivity contribution is 5.99. The second-order valence-corrected chi connectivity index (χ2v) is 7.68. The quantitative estimate of drug-likeness (QED) is 0.816. The Morgan fingerprint density at radius 2 is 2.07 bits per heavy atom. The molecule has 2 fully saturated rings. The standard InChI is InChI=1S/C18H27N5O4/c1-11-7-13(17(25)26)10-22(9-11)18(27)19-14-5-4-6-23(16(14)24)15-8-12(2)20-21(15)3/h8,11,13-14H,4-7,9-10H2,1-3H3,(H,19,27)(H,25,26). The zero-order valence-electron chi connectivity index (χ0n) is 16.0. The molecule has 27 heavy (non-hydrogen) atoms. The average molecular weight is 377 g/mol. The lowest BCUT2D eigenvalue weighted by Crippen LogP contribution is -2.57. The minimum Gasteiger partial charge on any atom is -0.481 e. The van der Waals surface area contributed by atoms with Crippen LogP contribution < -0.4 is 10.2 Å². The molecule has 3 unspecified atom stereocenters. The van der Waals surface area contributed by atoms with Gasteiger partial charge in [0.25, 0.3) is 5.91 Å². The van der Waals surface area contributed by atoms with Gasteiger partial charge in [0, 0.05) is 32.7 Å². The van der Waals surface area contributed by atoms with E-state index in [2.05, 4.69) is 10.4 Å². The van der Waals surface area contributed by atoms with Crippen molar-refractivity contribution in [2.24, 2.45) is 18.9 Å². The van der Waals surface area contributed by atoms with Crippen LogP contribution in [0.15, 0.2) is 6.07 Å². The molecule has 2 aliphatic rings. The molecule has 2 N–H and O–H groups in total. The van der Waals surface area contributed by atoms with Gasteiger partial charge in [-0.15, -0.1) is 0 Å². The maximum atomic E-state index is 12.9. The van der Waals surface area contributed by atoms with Crippen molar-refractivity contribution in [3.8, 4) is 0 Å². The summed E-state index contributed by atoms with van der Waals surface area (Å²) in [6, 6.07) is 0.877. The summed E-state index contributed by atoms with van der Waals surface area (Å²) in [4.78, 5) is 40.1. The smallest absolute Gasteiger partial charge is 0.318 e. The normalized spacial score (nSPS) is 26.2. The number of aryl methyl sites for hydroxylation is 2. The van der Waals surface area contributed by atoms with E-state index in [1.54, 1.807) is 16.6 Å². The van der Waals surface area contributed by atoms with Gasteiger partial charge in [0.05, 0.1) is 11.6 Å². The lowest BCUT2D eigenvalue weighted by Gasteiger charge is -2.37. The fourth-order valence-electron chi connectivity index (χ4n) is 4.02. The number of aliphatic carboxylic acids is 1. The molecule has 3 amide bonds. The lowest BCUT2D eigenvalue weighted by molar-refractivity contribution is -0.143. The van der Waals surface area contributed by atoms with E-state index in [1.165, 1.54) is 4.90 Å². The number of nitrogens with zero attached hydrogens (tertiary/aromatic N) is 4. The summed E-state index contributed by atoms with van der Waals surface area (Å²) in [5, 5.41) is 16.4. The van der Waals surface area contributed by atoms with Crippen LogP contribution in [0.5, 0.6) is 0 Å². The number of likely N-dealkylation sites (tertiary alicyclic amines) is 1. The number of urea groups is 1. The molecule has 9 heteroatoms. The van der Waals surface area contributed by atoms with E-state index in [0.29, 0.717) is 31.7 Å². The summed E-state index contributed by atoms with van der Waals surface area (Å²) in [6.07, 6.45) is 1.91. The Labute approximate surface area is 158 Å². The lowest BCUT2D eigenvalue weighted by atomic mass is 9.91. The van der Waals surface area contributed by atoms with E-state index in [-0.39, 0.29) is 24.4 Å². The number of hydrogen-bond acceptors (Lipinski definition) is 4. The molecule has 2 saturated heterocycles. The molecule has 0 radical (unpaired) electrons. The van der Waals surface area contributed by atoms with Gasteiger partial charge >= 0.3 is 12.0 Å². The third kappa shape index (κ3) is 4.06. The minimum atomic E-state index is -0.883. The van der Waals surface area contributed by atoms with Crippen LogP contribution in [-0.4, -0.2) is 63.4 Å². The zero-order valence-corrected chi connectivity index (χ0v) is 16.0. The predicted octanol–water partition coefficient (Wildman–Crippen LogP) is 0.976. The molecule has 1 aromatic rings. The van der Waals surface area contributed by atoms with Crippen LogP contribution in [0.4, 0.5) is 10.6 Å². The molecule has 0 bridgehead atoms. The molecular weight excluding hydrogens is 350 g/mol. The number of rotatable bonds is 3. The molecule has 0 saturated carbocycles. The van der Waals surface area contributed by atoms with E-state index in [1.807, 2.05) is 19.9 Å². The molecular formula is C18H27N5O4. The van der Waals surface area contributed by atoms with Crippen LogP contribution in [-0.2, 0) is 16.6 Å². The van der Waals surface area contributed by atoms with Gasteiger partial charge in [0.15, 0.2) is 0 Å². The Kier molecular flexibility index (Phi) is 5.38. The number of carbonyl (C=O) groups excluding carboxylic acids is 2. The van der Waals surface area contributed by atoms with Gasteiger partial charge in [0.1, 0.15) is 11.9 Å². The van der Waals surface area contributed by atoms with E-state index < -0.39 is 17.9 Å². The minimum absolute atomic E-state index is 0.113. The first-order chi connectivity index (χ1) is 12.8. The van der Waals surface area contributed by atoms with E-state index in [4.69, 9.17) is 0 Å². The van der Waals surface area contributed by atoms with E-state index in [0.717, 1.165) is 12.1 Å². The average Bonchev–Trinajstić information content (AvgIpc) is 2.94. The first-order valence-corrected chi connectivity index (χ1v) is 9.36. The van der Waals surface area contributed by atoms with E-state index >= 15 is 0 Å². The van der Waals surface area contributed by atoms with Crippen molar-refractivity contribution >= 4 is 23.7 Å². The van der Waals surface area contributed by atoms with Crippen LogP contribution in [0.25, 0.3) is 0 Å². The van der Waals surface area contributed by atoms with Crippen molar-refractivity contribution in [2.75, 3.05) is 24.5 Å². The first-order valence-electron chi connectivity index (χ1n) is 9.36. The van der Waals surface area contributed by atoms with Gasteiger partial charge < -0.3 is 15.3 Å². The summed E-state index contributed by atoms with van der Waals surface area (Å²) in [6.45, 7) is 5.07. The number of carboxylic acid groups (broad SMARTS) is 1. The van der Waals surface area contributed by atoms with Crippen molar-refractivity contribution in [3.63, 3.8) is 0 Å².